The summed E-state index contributed by atoms with van der Waals surface area (Å²) in [6, 6.07) is 0. The smallest absolute Gasteiger partial charge is 0.155 e. The molecule has 1 fully saturated rings. The molecule has 19 heavy (non-hydrogen) atoms. The van der Waals surface area contributed by atoms with Crippen LogP contribution in [0.5, 0.6) is 0 Å². The molecule has 1 aliphatic heterocycles. The van der Waals surface area contributed by atoms with E-state index in [0.717, 1.165) is 13.1 Å². The van der Waals surface area contributed by atoms with Gasteiger partial charge in [0, 0.05) is 18.9 Å². The van der Waals surface area contributed by atoms with Crippen molar-refractivity contribution < 1.29 is 0 Å². The number of nitrogens with two attached hydrogens (primary N) is 1. The van der Waals surface area contributed by atoms with Crippen LogP contribution in [0.25, 0.3) is 0 Å². The Morgan fingerprint density at radius 2 is 2.11 bits per heavy atom. The second kappa shape index (κ2) is 6.77. The van der Waals surface area contributed by atoms with Gasteiger partial charge in [-0.05, 0) is 38.4 Å². The van der Waals surface area contributed by atoms with Crippen molar-refractivity contribution in [3.8, 4) is 0 Å². The summed E-state index contributed by atoms with van der Waals surface area (Å²) in [7, 11) is 0. The molecule has 3 N–H and O–H groups in total. The van der Waals surface area contributed by atoms with Crippen molar-refractivity contribution >= 4 is 23.0 Å². The number of piperidine rings is 1. The molecule has 1 aromatic rings. The highest BCUT2D eigenvalue weighted by molar-refractivity contribution is 7.80. The van der Waals surface area contributed by atoms with Gasteiger partial charge >= 0.3 is 0 Å². The van der Waals surface area contributed by atoms with Crippen LogP contribution in [0.3, 0.4) is 0 Å². The van der Waals surface area contributed by atoms with Gasteiger partial charge in [-0.15, -0.1) is 0 Å². The first-order chi connectivity index (χ1) is 9.20. The summed E-state index contributed by atoms with van der Waals surface area (Å²) < 4.78 is 0. The van der Waals surface area contributed by atoms with Crippen molar-refractivity contribution in [2.75, 3.05) is 31.5 Å². The summed E-state index contributed by atoms with van der Waals surface area (Å²) in [5.41, 5.74) is 6.23. The highest BCUT2D eigenvalue weighted by atomic mass is 32.1. The summed E-state index contributed by atoms with van der Waals surface area (Å²) in [4.78, 5) is 11.2. The van der Waals surface area contributed by atoms with Crippen LogP contribution in [-0.4, -0.2) is 46.0 Å². The quantitative estimate of drug-likeness (QED) is 0.791. The average molecular weight is 279 g/mol. The minimum atomic E-state index is 0.288. The number of thiocarbonyl (C=S) groups is 1. The number of nitrogens with one attached hydrogen (secondary N) is 1. The second-order valence-corrected chi connectivity index (χ2v) is 5.32. The van der Waals surface area contributed by atoms with Gasteiger partial charge in [0.15, 0.2) is 5.82 Å². The monoisotopic (exact) mass is 279 g/mol. The zero-order valence-electron chi connectivity index (χ0n) is 11.3. The van der Waals surface area contributed by atoms with Gasteiger partial charge in [-0.25, -0.2) is 9.97 Å². The summed E-state index contributed by atoms with van der Waals surface area (Å²) in [6.45, 7) is 6.64. The summed E-state index contributed by atoms with van der Waals surface area (Å²) in [6.07, 6.45) is 5.72. The fourth-order valence-electron chi connectivity index (χ4n) is 2.40. The minimum absolute atomic E-state index is 0.288. The van der Waals surface area contributed by atoms with Crippen molar-refractivity contribution in [1.29, 1.82) is 0 Å². The van der Waals surface area contributed by atoms with Gasteiger partial charge in [0.05, 0.1) is 0 Å². The van der Waals surface area contributed by atoms with Gasteiger partial charge in [-0.2, -0.15) is 0 Å². The number of nitrogens with zero attached hydrogens (tertiary/aromatic N) is 3. The Labute approximate surface area is 119 Å². The third-order valence-electron chi connectivity index (χ3n) is 3.64. The van der Waals surface area contributed by atoms with Crippen molar-refractivity contribution in [2.45, 2.75) is 19.8 Å². The van der Waals surface area contributed by atoms with E-state index in [4.69, 9.17) is 18.0 Å². The Bertz CT molecular complexity index is 429. The molecule has 0 unspecified atom stereocenters. The molecule has 0 aromatic carbocycles. The van der Waals surface area contributed by atoms with Crippen LogP contribution in [0.1, 0.15) is 25.5 Å². The normalized spacial score (nSPS) is 17.3. The fourth-order valence-corrected chi connectivity index (χ4v) is 2.54. The number of hydrogen-bond acceptors (Lipinski definition) is 5. The first-order valence-electron chi connectivity index (χ1n) is 6.77. The molecule has 0 spiro atoms. The molecule has 1 aromatic heterocycles. The molecule has 0 saturated carbocycles. The summed E-state index contributed by atoms with van der Waals surface area (Å²) >= 11 is 4.98. The Hall–Kier alpha value is -1.27. The third kappa shape index (κ3) is 3.84. The van der Waals surface area contributed by atoms with Crippen LogP contribution in [0.2, 0.25) is 0 Å². The van der Waals surface area contributed by atoms with Gasteiger partial charge in [0.2, 0.25) is 0 Å². The van der Waals surface area contributed by atoms with Crippen molar-refractivity contribution in [2.24, 2.45) is 11.7 Å². The van der Waals surface area contributed by atoms with Gasteiger partial charge in [0.1, 0.15) is 10.7 Å². The first kappa shape index (κ1) is 14.1. The van der Waals surface area contributed by atoms with Crippen LogP contribution in [-0.2, 0) is 0 Å². The minimum Gasteiger partial charge on any atom is -0.388 e. The number of aromatic nitrogens is 2. The maximum Gasteiger partial charge on any atom is 0.155 e. The van der Waals surface area contributed by atoms with E-state index in [1.807, 2.05) is 0 Å². The molecule has 0 atom stereocenters. The van der Waals surface area contributed by atoms with Gasteiger partial charge in [-0.1, -0.05) is 19.1 Å². The van der Waals surface area contributed by atoms with Crippen LogP contribution in [0.4, 0.5) is 5.82 Å². The van der Waals surface area contributed by atoms with Gasteiger partial charge in [0.25, 0.3) is 0 Å². The van der Waals surface area contributed by atoms with Gasteiger partial charge < -0.3 is 16.0 Å². The molecule has 0 radical (unpaired) electrons. The van der Waals surface area contributed by atoms with Crippen LogP contribution < -0.4 is 11.1 Å². The standard InChI is InChI=1S/C13H21N5S/c1-2-18-7-3-10(4-8-18)9-17-13-11(12(14)19)15-5-6-16-13/h5-6,10H,2-4,7-9H2,1H3,(H2,14,19)(H,16,17). The molecular weight excluding hydrogens is 258 g/mol. The lowest BCUT2D eigenvalue weighted by Crippen LogP contribution is -2.35. The van der Waals surface area contributed by atoms with E-state index in [9.17, 15) is 0 Å². The Morgan fingerprint density at radius 1 is 1.42 bits per heavy atom. The molecule has 1 aliphatic rings. The van der Waals surface area contributed by atoms with E-state index in [-0.39, 0.29) is 4.99 Å². The van der Waals surface area contributed by atoms with Crippen LogP contribution in [0, 0.1) is 5.92 Å². The van der Waals surface area contributed by atoms with Crippen LogP contribution >= 0.6 is 12.2 Å². The largest absolute Gasteiger partial charge is 0.388 e. The lowest BCUT2D eigenvalue weighted by molar-refractivity contribution is 0.198. The highest BCUT2D eigenvalue weighted by Gasteiger charge is 2.18. The number of anilines is 1. The molecule has 0 bridgehead atoms. The number of rotatable bonds is 5. The van der Waals surface area contributed by atoms with E-state index < -0.39 is 0 Å². The SMILES string of the molecule is CCN1CCC(CNc2nccnc2C(N)=S)CC1. The molecule has 2 heterocycles. The maximum atomic E-state index is 5.64. The van der Waals surface area contributed by atoms with E-state index in [2.05, 4.69) is 27.1 Å². The predicted molar refractivity (Wildman–Crippen MR) is 81.2 cm³/mol. The molecule has 1 saturated heterocycles. The number of hydrogen-bond donors (Lipinski definition) is 2. The summed E-state index contributed by atoms with van der Waals surface area (Å²) in [5, 5.41) is 3.34. The lowest BCUT2D eigenvalue weighted by Gasteiger charge is -2.31. The zero-order valence-corrected chi connectivity index (χ0v) is 12.1. The molecule has 104 valence electrons. The molecule has 0 aliphatic carbocycles. The maximum absolute atomic E-state index is 5.64. The molecule has 2 rings (SSSR count). The van der Waals surface area contributed by atoms with Crippen molar-refractivity contribution in [1.82, 2.24) is 14.9 Å². The molecule has 0 amide bonds. The third-order valence-corrected chi connectivity index (χ3v) is 3.84. The first-order valence-corrected chi connectivity index (χ1v) is 7.18. The van der Waals surface area contributed by atoms with E-state index in [0.29, 0.717) is 17.4 Å². The Kier molecular flexibility index (Phi) is 5.04. The van der Waals surface area contributed by atoms with E-state index in [1.165, 1.54) is 25.9 Å². The molecule has 5 nitrogen and oxygen atoms in total. The highest BCUT2D eigenvalue weighted by Crippen LogP contribution is 2.18. The van der Waals surface area contributed by atoms with Crippen molar-refractivity contribution in [3.05, 3.63) is 18.1 Å². The van der Waals surface area contributed by atoms with Crippen LogP contribution in [0.15, 0.2) is 12.4 Å². The zero-order chi connectivity index (χ0) is 13.7. The second-order valence-electron chi connectivity index (χ2n) is 4.88. The van der Waals surface area contributed by atoms with Crippen molar-refractivity contribution in [3.63, 3.8) is 0 Å². The van der Waals surface area contributed by atoms with E-state index in [1.54, 1.807) is 12.4 Å². The predicted octanol–water partition coefficient (Wildman–Crippen LogP) is 1.25. The Balaban J connectivity index is 1.88. The fraction of sp³-hybridized carbons (Fsp3) is 0.615. The number of likely N-dealkylation sites (tertiary alicyclic amines) is 1. The summed E-state index contributed by atoms with van der Waals surface area (Å²) in [5.74, 6) is 1.39. The topological polar surface area (TPSA) is 67.1 Å². The Morgan fingerprint density at radius 3 is 2.74 bits per heavy atom. The van der Waals surface area contributed by atoms with Gasteiger partial charge in [-0.3, -0.25) is 0 Å². The average Bonchev–Trinajstić information content (AvgIpc) is 2.46. The lowest BCUT2D eigenvalue weighted by atomic mass is 9.97. The van der Waals surface area contributed by atoms with E-state index >= 15 is 0 Å². The molecular formula is C13H21N5S. The molecule has 6 heteroatoms.